The maximum absolute atomic E-state index is 3.56. The Morgan fingerprint density at radius 3 is 2.62 bits per heavy atom. The quantitative estimate of drug-likeness (QED) is 0.718. The van der Waals surface area contributed by atoms with Gasteiger partial charge in [0.05, 0.1) is 0 Å². The van der Waals surface area contributed by atoms with E-state index in [2.05, 4.69) is 37.9 Å². The Bertz CT molecular complexity index is 180. The molecule has 0 aromatic carbocycles. The average molecular weight is 226 g/mol. The molecule has 2 heteroatoms. The van der Waals surface area contributed by atoms with Crippen LogP contribution in [-0.2, 0) is 0 Å². The van der Waals surface area contributed by atoms with Crippen molar-refractivity contribution in [3.05, 3.63) is 0 Å². The van der Waals surface area contributed by atoms with Crippen molar-refractivity contribution in [1.82, 2.24) is 10.2 Å². The highest BCUT2D eigenvalue weighted by Crippen LogP contribution is 2.23. The number of nitrogens with zero attached hydrogens (tertiary/aromatic N) is 1. The van der Waals surface area contributed by atoms with Crippen LogP contribution in [0.4, 0.5) is 0 Å². The van der Waals surface area contributed by atoms with Gasteiger partial charge in [0, 0.05) is 12.6 Å². The standard InChI is InChI=1S/C14H30N2/c1-5-8-15-13(4)6-9-16-10-7-14(11-16)12(2)3/h12-15H,5-11H2,1-4H3. The van der Waals surface area contributed by atoms with Gasteiger partial charge in [0.2, 0.25) is 0 Å². The number of likely N-dealkylation sites (tertiary alicyclic amines) is 1. The summed E-state index contributed by atoms with van der Waals surface area (Å²) in [5, 5.41) is 3.56. The normalized spacial score (nSPS) is 24.2. The van der Waals surface area contributed by atoms with Crippen LogP contribution in [0.3, 0.4) is 0 Å². The molecular weight excluding hydrogens is 196 g/mol. The van der Waals surface area contributed by atoms with Crippen molar-refractivity contribution >= 4 is 0 Å². The van der Waals surface area contributed by atoms with E-state index in [1.807, 2.05) is 0 Å². The Kier molecular flexibility index (Phi) is 6.37. The van der Waals surface area contributed by atoms with E-state index in [1.54, 1.807) is 0 Å². The summed E-state index contributed by atoms with van der Waals surface area (Å²) in [4.78, 5) is 2.65. The van der Waals surface area contributed by atoms with Gasteiger partial charge < -0.3 is 10.2 Å². The van der Waals surface area contributed by atoms with E-state index in [0.29, 0.717) is 6.04 Å². The molecule has 0 bridgehead atoms. The van der Waals surface area contributed by atoms with Gasteiger partial charge in [-0.3, -0.25) is 0 Å². The lowest BCUT2D eigenvalue weighted by molar-refractivity contribution is 0.287. The van der Waals surface area contributed by atoms with Crippen LogP contribution in [0.25, 0.3) is 0 Å². The third-order valence-corrected chi connectivity index (χ3v) is 3.87. The van der Waals surface area contributed by atoms with Gasteiger partial charge in [-0.1, -0.05) is 20.8 Å². The van der Waals surface area contributed by atoms with Crippen LogP contribution in [-0.4, -0.2) is 37.1 Å². The molecule has 2 nitrogen and oxygen atoms in total. The Hall–Kier alpha value is -0.0800. The van der Waals surface area contributed by atoms with Crippen LogP contribution in [0, 0.1) is 11.8 Å². The van der Waals surface area contributed by atoms with Gasteiger partial charge in [-0.05, 0) is 57.7 Å². The summed E-state index contributed by atoms with van der Waals surface area (Å²) in [6.07, 6.45) is 3.95. The summed E-state index contributed by atoms with van der Waals surface area (Å²) in [5.74, 6) is 1.81. The molecule has 96 valence electrons. The highest BCUT2D eigenvalue weighted by Gasteiger charge is 2.24. The van der Waals surface area contributed by atoms with Gasteiger partial charge in [-0.15, -0.1) is 0 Å². The van der Waals surface area contributed by atoms with E-state index in [0.717, 1.165) is 18.4 Å². The molecule has 1 fully saturated rings. The van der Waals surface area contributed by atoms with E-state index >= 15 is 0 Å². The van der Waals surface area contributed by atoms with E-state index in [9.17, 15) is 0 Å². The zero-order valence-electron chi connectivity index (χ0n) is 11.6. The van der Waals surface area contributed by atoms with E-state index in [-0.39, 0.29) is 0 Å². The molecule has 1 N–H and O–H groups in total. The molecule has 2 atom stereocenters. The van der Waals surface area contributed by atoms with Crippen molar-refractivity contribution in [1.29, 1.82) is 0 Å². The summed E-state index contributed by atoms with van der Waals surface area (Å²) >= 11 is 0. The second-order valence-corrected chi connectivity index (χ2v) is 5.74. The molecule has 16 heavy (non-hydrogen) atoms. The van der Waals surface area contributed by atoms with Crippen LogP contribution in [0.2, 0.25) is 0 Å². The zero-order valence-corrected chi connectivity index (χ0v) is 11.6. The number of rotatable bonds is 7. The largest absolute Gasteiger partial charge is 0.314 e. The smallest absolute Gasteiger partial charge is 0.00508 e. The van der Waals surface area contributed by atoms with Gasteiger partial charge >= 0.3 is 0 Å². The Morgan fingerprint density at radius 2 is 2.06 bits per heavy atom. The van der Waals surface area contributed by atoms with E-state index < -0.39 is 0 Å². The van der Waals surface area contributed by atoms with Crippen molar-refractivity contribution in [3.8, 4) is 0 Å². The number of hydrogen-bond acceptors (Lipinski definition) is 2. The Balaban J connectivity index is 2.10. The summed E-state index contributed by atoms with van der Waals surface area (Å²) in [6, 6.07) is 0.679. The molecule has 0 saturated carbocycles. The second kappa shape index (κ2) is 7.29. The maximum atomic E-state index is 3.56. The third kappa shape index (κ3) is 4.84. The third-order valence-electron chi connectivity index (χ3n) is 3.87. The molecule has 1 saturated heterocycles. The molecule has 1 heterocycles. The fourth-order valence-corrected chi connectivity index (χ4v) is 2.48. The predicted octanol–water partition coefficient (Wildman–Crippen LogP) is 2.74. The van der Waals surface area contributed by atoms with Crippen molar-refractivity contribution in [3.63, 3.8) is 0 Å². The highest BCUT2D eigenvalue weighted by atomic mass is 15.1. The summed E-state index contributed by atoms with van der Waals surface area (Å²) < 4.78 is 0. The molecule has 0 aromatic heterocycles. The fraction of sp³-hybridized carbons (Fsp3) is 1.00. The topological polar surface area (TPSA) is 15.3 Å². The van der Waals surface area contributed by atoms with Crippen LogP contribution < -0.4 is 5.32 Å². The monoisotopic (exact) mass is 226 g/mol. The van der Waals surface area contributed by atoms with Crippen molar-refractivity contribution < 1.29 is 0 Å². The lowest BCUT2D eigenvalue weighted by Gasteiger charge is -2.20. The molecular formula is C14H30N2. The van der Waals surface area contributed by atoms with Crippen LogP contribution in [0.5, 0.6) is 0 Å². The van der Waals surface area contributed by atoms with Gasteiger partial charge in [0.1, 0.15) is 0 Å². The van der Waals surface area contributed by atoms with Crippen LogP contribution >= 0.6 is 0 Å². The van der Waals surface area contributed by atoms with E-state index in [4.69, 9.17) is 0 Å². The molecule has 2 unspecified atom stereocenters. The molecule has 1 rings (SSSR count). The number of nitrogens with one attached hydrogen (secondary N) is 1. The maximum Gasteiger partial charge on any atom is 0.00508 e. The van der Waals surface area contributed by atoms with Gasteiger partial charge in [-0.2, -0.15) is 0 Å². The van der Waals surface area contributed by atoms with Crippen LogP contribution in [0.15, 0.2) is 0 Å². The van der Waals surface area contributed by atoms with Crippen molar-refractivity contribution in [2.75, 3.05) is 26.2 Å². The molecule has 0 aromatic rings. The Labute approximate surface area is 102 Å². The SMILES string of the molecule is CCCNC(C)CCN1CCC(C(C)C)C1. The molecule has 0 aliphatic carbocycles. The van der Waals surface area contributed by atoms with Crippen LogP contribution in [0.1, 0.15) is 47.0 Å². The molecule has 0 radical (unpaired) electrons. The van der Waals surface area contributed by atoms with Crippen molar-refractivity contribution in [2.24, 2.45) is 11.8 Å². The molecule has 0 amide bonds. The van der Waals surface area contributed by atoms with Gasteiger partial charge in [-0.25, -0.2) is 0 Å². The Morgan fingerprint density at radius 1 is 1.31 bits per heavy atom. The molecule has 1 aliphatic rings. The second-order valence-electron chi connectivity index (χ2n) is 5.74. The number of hydrogen-bond donors (Lipinski definition) is 1. The lowest BCUT2D eigenvalue weighted by atomic mass is 9.95. The lowest BCUT2D eigenvalue weighted by Crippen LogP contribution is -2.32. The predicted molar refractivity (Wildman–Crippen MR) is 71.8 cm³/mol. The average Bonchev–Trinajstić information content (AvgIpc) is 2.72. The molecule has 1 aliphatic heterocycles. The van der Waals surface area contributed by atoms with Crippen molar-refractivity contribution in [2.45, 2.75) is 53.0 Å². The highest BCUT2D eigenvalue weighted by molar-refractivity contribution is 4.78. The zero-order chi connectivity index (χ0) is 12.0. The molecule has 0 spiro atoms. The van der Waals surface area contributed by atoms with Gasteiger partial charge in [0.25, 0.3) is 0 Å². The van der Waals surface area contributed by atoms with E-state index in [1.165, 1.54) is 38.9 Å². The van der Waals surface area contributed by atoms with Gasteiger partial charge in [0.15, 0.2) is 0 Å². The first-order chi connectivity index (χ1) is 7.63. The summed E-state index contributed by atoms with van der Waals surface area (Å²) in [7, 11) is 0. The first-order valence-corrected chi connectivity index (χ1v) is 7.09. The fourth-order valence-electron chi connectivity index (χ4n) is 2.48. The first kappa shape index (κ1) is 14.0. The first-order valence-electron chi connectivity index (χ1n) is 7.09. The summed E-state index contributed by atoms with van der Waals surface area (Å²) in [6.45, 7) is 14.4. The minimum absolute atomic E-state index is 0.679. The minimum Gasteiger partial charge on any atom is -0.314 e. The summed E-state index contributed by atoms with van der Waals surface area (Å²) in [5.41, 5.74) is 0. The minimum atomic E-state index is 0.679.